The Bertz CT molecular complexity index is 135. The van der Waals surface area contributed by atoms with E-state index in [0.29, 0.717) is 0 Å². The number of carbonyl (C=O) groups excluding carboxylic acids is 2. The molecule has 5 nitrogen and oxygen atoms in total. The van der Waals surface area contributed by atoms with E-state index in [-0.39, 0.29) is 13.1 Å². The van der Waals surface area contributed by atoms with Crippen molar-refractivity contribution in [3.63, 3.8) is 0 Å². The average molecular weight is 146 g/mol. The monoisotopic (exact) mass is 146 g/mol. The molecule has 0 heterocycles. The van der Waals surface area contributed by atoms with Crippen molar-refractivity contribution < 1.29 is 14.3 Å². The van der Waals surface area contributed by atoms with Crippen molar-refractivity contribution in [1.29, 1.82) is 0 Å². The Morgan fingerprint density at radius 2 is 2.10 bits per heavy atom. The van der Waals surface area contributed by atoms with E-state index in [0.717, 1.165) is 0 Å². The maximum Gasteiger partial charge on any atom is 0.327 e. The van der Waals surface area contributed by atoms with Crippen LogP contribution in [0.5, 0.6) is 0 Å². The molecule has 0 unspecified atom stereocenters. The van der Waals surface area contributed by atoms with E-state index < -0.39 is 11.9 Å². The molecule has 5 heteroatoms. The first-order valence-corrected chi connectivity index (χ1v) is 2.79. The molecule has 0 fully saturated rings. The topological polar surface area (TPSA) is 81.4 Å². The number of hydrogen-bond donors (Lipinski definition) is 2. The van der Waals surface area contributed by atoms with Gasteiger partial charge in [-0.3, -0.25) is 9.59 Å². The summed E-state index contributed by atoms with van der Waals surface area (Å²) >= 11 is 0. The van der Waals surface area contributed by atoms with Crippen LogP contribution in [0.25, 0.3) is 0 Å². The fourth-order valence-electron chi connectivity index (χ4n) is 0.349. The van der Waals surface area contributed by atoms with Crippen molar-refractivity contribution in [2.75, 3.05) is 20.1 Å². The minimum Gasteiger partial charge on any atom is -0.391 e. The molecule has 58 valence electrons. The maximum atomic E-state index is 10.5. The van der Waals surface area contributed by atoms with Crippen LogP contribution in [-0.2, 0) is 14.3 Å². The first-order chi connectivity index (χ1) is 4.70. The predicted octanol–water partition coefficient (Wildman–Crippen LogP) is -1.77. The van der Waals surface area contributed by atoms with Crippen LogP contribution in [0.3, 0.4) is 0 Å². The predicted molar refractivity (Wildman–Crippen MR) is 34.1 cm³/mol. The van der Waals surface area contributed by atoms with Crippen LogP contribution in [0.1, 0.15) is 0 Å². The molecule has 0 saturated carbocycles. The number of esters is 2. The highest BCUT2D eigenvalue weighted by Crippen LogP contribution is 1.75. The van der Waals surface area contributed by atoms with Crippen molar-refractivity contribution in [3.05, 3.63) is 0 Å². The van der Waals surface area contributed by atoms with Gasteiger partial charge in [-0.25, -0.2) is 0 Å². The first-order valence-electron chi connectivity index (χ1n) is 2.79. The summed E-state index contributed by atoms with van der Waals surface area (Å²) in [5.74, 6) is -1.32. The third kappa shape index (κ3) is 3.99. The number of hydrogen-bond acceptors (Lipinski definition) is 5. The largest absolute Gasteiger partial charge is 0.391 e. The van der Waals surface area contributed by atoms with Gasteiger partial charge in [0.2, 0.25) is 0 Å². The number of nitrogens with one attached hydrogen (secondary N) is 1. The zero-order valence-corrected chi connectivity index (χ0v) is 5.72. The number of carbonyl (C=O) groups is 2. The van der Waals surface area contributed by atoms with E-state index in [2.05, 4.69) is 10.1 Å². The summed E-state index contributed by atoms with van der Waals surface area (Å²) in [5, 5.41) is 2.53. The van der Waals surface area contributed by atoms with Gasteiger partial charge in [-0.05, 0) is 7.05 Å². The number of nitrogens with two attached hydrogens (primary N) is 1. The van der Waals surface area contributed by atoms with Gasteiger partial charge >= 0.3 is 11.9 Å². The Labute approximate surface area is 58.5 Å². The van der Waals surface area contributed by atoms with E-state index in [1.807, 2.05) is 0 Å². The lowest BCUT2D eigenvalue weighted by Gasteiger charge is -1.98. The van der Waals surface area contributed by atoms with E-state index in [1.165, 1.54) is 0 Å². The van der Waals surface area contributed by atoms with Gasteiger partial charge in [0.1, 0.15) is 0 Å². The van der Waals surface area contributed by atoms with E-state index >= 15 is 0 Å². The standard InChI is InChI=1S/C5H10N2O3/c1-7-3-5(9)10-4(8)2-6/h7H,2-3,6H2,1H3. The lowest BCUT2D eigenvalue weighted by atomic mass is 10.6. The van der Waals surface area contributed by atoms with Crippen molar-refractivity contribution in [2.24, 2.45) is 5.73 Å². The van der Waals surface area contributed by atoms with Crippen molar-refractivity contribution in [3.8, 4) is 0 Å². The Morgan fingerprint density at radius 1 is 1.50 bits per heavy atom. The van der Waals surface area contributed by atoms with Crippen LogP contribution in [0.2, 0.25) is 0 Å². The molecule has 0 atom stereocenters. The van der Waals surface area contributed by atoms with E-state index in [1.54, 1.807) is 7.05 Å². The minimum absolute atomic E-state index is 0.0196. The number of ether oxygens (including phenoxy) is 1. The quantitative estimate of drug-likeness (QED) is 0.364. The van der Waals surface area contributed by atoms with Crippen LogP contribution >= 0.6 is 0 Å². The summed E-state index contributed by atoms with van der Waals surface area (Å²) < 4.78 is 4.17. The third-order valence-electron chi connectivity index (χ3n) is 0.715. The van der Waals surface area contributed by atoms with Crippen LogP contribution in [0.15, 0.2) is 0 Å². The highest BCUT2D eigenvalue weighted by Gasteiger charge is 2.05. The highest BCUT2D eigenvalue weighted by molar-refractivity contribution is 5.87. The summed E-state index contributed by atoms with van der Waals surface area (Å²) in [4.78, 5) is 20.8. The maximum absolute atomic E-state index is 10.5. The second-order valence-electron chi connectivity index (χ2n) is 1.58. The second-order valence-corrected chi connectivity index (χ2v) is 1.58. The Morgan fingerprint density at radius 3 is 2.50 bits per heavy atom. The van der Waals surface area contributed by atoms with Gasteiger partial charge in [0.05, 0.1) is 13.1 Å². The molecule has 0 aliphatic carbocycles. The van der Waals surface area contributed by atoms with Crippen LogP contribution in [0, 0.1) is 0 Å². The van der Waals surface area contributed by atoms with Gasteiger partial charge in [0.15, 0.2) is 0 Å². The third-order valence-corrected chi connectivity index (χ3v) is 0.715. The van der Waals surface area contributed by atoms with Gasteiger partial charge < -0.3 is 15.8 Å². The number of likely N-dealkylation sites (N-methyl/N-ethyl adjacent to an activating group) is 1. The molecular formula is C5H10N2O3. The van der Waals surface area contributed by atoms with Crippen molar-refractivity contribution in [1.82, 2.24) is 5.32 Å². The Kier molecular flexibility index (Phi) is 4.43. The van der Waals surface area contributed by atoms with Crippen molar-refractivity contribution >= 4 is 11.9 Å². The molecule has 0 spiro atoms. The zero-order chi connectivity index (χ0) is 7.98. The van der Waals surface area contributed by atoms with Crippen LogP contribution < -0.4 is 11.1 Å². The summed E-state index contributed by atoms with van der Waals surface area (Å²) in [7, 11) is 1.58. The van der Waals surface area contributed by atoms with E-state index in [9.17, 15) is 9.59 Å². The summed E-state index contributed by atoms with van der Waals surface area (Å²) in [6.45, 7) is -0.249. The summed E-state index contributed by atoms with van der Waals surface area (Å²) in [6, 6.07) is 0. The molecule has 10 heavy (non-hydrogen) atoms. The SMILES string of the molecule is CNCC(=O)OC(=O)CN. The molecule has 0 aliphatic rings. The highest BCUT2D eigenvalue weighted by atomic mass is 16.6. The van der Waals surface area contributed by atoms with Crippen LogP contribution in [0.4, 0.5) is 0 Å². The lowest BCUT2D eigenvalue weighted by Crippen LogP contribution is -2.27. The molecule has 0 amide bonds. The Balaban J connectivity index is 3.47. The van der Waals surface area contributed by atoms with E-state index in [4.69, 9.17) is 5.73 Å². The van der Waals surface area contributed by atoms with Crippen molar-refractivity contribution in [2.45, 2.75) is 0 Å². The normalized spacial score (nSPS) is 9.00. The van der Waals surface area contributed by atoms with Gasteiger partial charge in [0, 0.05) is 0 Å². The number of rotatable bonds is 3. The second kappa shape index (κ2) is 4.89. The summed E-state index contributed by atoms with van der Waals surface area (Å²) in [6.07, 6.45) is 0. The molecule has 0 aromatic heterocycles. The molecule has 0 aliphatic heterocycles. The smallest absolute Gasteiger partial charge is 0.327 e. The van der Waals surface area contributed by atoms with Gasteiger partial charge in [-0.1, -0.05) is 0 Å². The molecule has 3 N–H and O–H groups in total. The average Bonchev–Trinajstić information content (AvgIpc) is 1.88. The molecule has 0 aromatic rings. The van der Waals surface area contributed by atoms with Crippen LogP contribution in [-0.4, -0.2) is 32.1 Å². The fraction of sp³-hybridized carbons (Fsp3) is 0.600. The first kappa shape index (κ1) is 9.06. The minimum atomic E-state index is -0.708. The molecule has 0 bridgehead atoms. The van der Waals surface area contributed by atoms with Gasteiger partial charge in [0.25, 0.3) is 0 Å². The summed E-state index contributed by atoms with van der Waals surface area (Å²) in [5.41, 5.74) is 4.87. The molecule has 0 rings (SSSR count). The Hall–Kier alpha value is -0.940. The van der Waals surface area contributed by atoms with Gasteiger partial charge in [-0.2, -0.15) is 0 Å². The molecule has 0 aromatic carbocycles. The molecule has 0 saturated heterocycles. The zero-order valence-electron chi connectivity index (χ0n) is 5.72. The molecular weight excluding hydrogens is 136 g/mol. The van der Waals surface area contributed by atoms with Gasteiger partial charge in [-0.15, -0.1) is 0 Å². The lowest BCUT2D eigenvalue weighted by molar-refractivity contribution is -0.157. The fourth-order valence-corrected chi connectivity index (χ4v) is 0.349. The molecule has 0 radical (unpaired) electrons.